The molecule has 3 rings (SSSR count). The van der Waals surface area contributed by atoms with Crippen LogP contribution in [0.4, 0.5) is 16.2 Å². The molecule has 1 atom stereocenters. The molecule has 0 aromatic heterocycles. The van der Waals surface area contributed by atoms with E-state index in [0.29, 0.717) is 29.6 Å². The lowest BCUT2D eigenvalue weighted by Gasteiger charge is -2.28. The second-order valence-corrected chi connectivity index (χ2v) is 7.49. The van der Waals surface area contributed by atoms with E-state index in [0.717, 1.165) is 51.9 Å². The molecule has 7 heteroatoms. The quantitative estimate of drug-likeness (QED) is 0.712. The van der Waals surface area contributed by atoms with Gasteiger partial charge in [0.2, 0.25) is 5.91 Å². The minimum atomic E-state index is -0.0905. The van der Waals surface area contributed by atoms with Gasteiger partial charge in [0.05, 0.1) is 11.4 Å². The molecule has 2 fully saturated rings. The third-order valence-corrected chi connectivity index (χ3v) is 5.53. The van der Waals surface area contributed by atoms with Crippen molar-refractivity contribution in [2.24, 2.45) is 11.8 Å². The normalized spacial score (nSPS) is 18.5. The molecule has 0 radical (unpaired) electrons. The Bertz CT molecular complexity index is 628. The Balaban J connectivity index is 0.00000261. The molecule has 0 aliphatic carbocycles. The fourth-order valence-electron chi connectivity index (χ4n) is 3.89. The van der Waals surface area contributed by atoms with Gasteiger partial charge >= 0.3 is 6.03 Å². The van der Waals surface area contributed by atoms with Crippen LogP contribution in [-0.2, 0) is 4.79 Å². The highest BCUT2D eigenvalue weighted by atomic mass is 35.5. The number of carbonyl (C=O) groups excluding carboxylic acids is 2. The molecule has 2 saturated heterocycles. The Labute approximate surface area is 167 Å². The Morgan fingerprint density at radius 3 is 2.33 bits per heavy atom. The van der Waals surface area contributed by atoms with E-state index in [4.69, 9.17) is 0 Å². The largest absolute Gasteiger partial charge is 0.325 e. The minimum absolute atomic E-state index is 0. The molecule has 1 aromatic carbocycles. The van der Waals surface area contributed by atoms with Gasteiger partial charge in [-0.25, -0.2) is 4.79 Å². The van der Waals surface area contributed by atoms with Crippen LogP contribution in [0, 0.1) is 11.8 Å². The lowest BCUT2D eigenvalue weighted by atomic mass is 9.84. The number of amides is 3. The number of rotatable bonds is 5. The van der Waals surface area contributed by atoms with E-state index in [1.807, 2.05) is 29.2 Å². The molecule has 1 aromatic rings. The fraction of sp³-hybridized carbons (Fsp3) is 0.600. The zero-order chi connectivity index (χ0) is 18.4. The van der Waals surface area contributed by atoms with Gasteiger partial charge in [0.25, 0.3) is 0 Å². The Hall–Kier alpha value is -1.79. The Morgan fingerprint density at radius 1 is 1.11 bits per heavy atom. The van der Waals surface area contributed by atoms with Gasteiger partial charge < -0.3 is 20.9 Å². The number of carbonyl (C=O) groups is 2. The average molecular weight is 395 g/mol. The number of benzene rings is 1. The Morgan fingerprint density at radius 2 is 1.70 bits per heavy atom. The molecule has 0 spiro atoms. The smallest absolute Gasteiger partial charge is 0.321 e. The summed E-state index contributed by atoms with van der Waals surface area (Å²) >= 11 is 0. The zero-order valence-corrected chi connectivity index (χ0v) is 16.8. The number of nitrogens with one attached hydrogen (secondary N) is 3. The van der Waals surface area contributed by atoms with E-state index in [1.54, 1.807) is 0 Å². The molecule has 3 N–H and O–H groups in total. The SMILES string of the molecule is CC(CC(=O)Nc1ccccc1NC(=O)N1CCCC1)C1CCNCC1.Cl. The van der Waals surface area contributed by atoms with Gasteiger partial charge in [-0.05, 0) is 62.7 Å². The van der Waals surface area contributed by atoms with Crippen molar-refractivity contribution in [2.75, 3.05) is 36.8 Å². The van der Waals surface area contributed by atoms with E-state index in [-0.39, 0.29) is 24.3 Å². The van der Waals surface area contributed by atoms with Crippen molar-refractivity contribution < 1.29 is 9.59 Å². The lowest BCUT2D eigenvalue weighted by Crippen LogP contribution is -2.33. The number of piperidine rings is 1. The van der Waals surface area contributed by atoms with E-state index in [1.165, 1.54) is 0 Å². The molecule has 1 unspecified atom stereocenters. The maximum atomic E-state index is 12.5. The number of para-hydroxylation sites is 2. The summed E-state index contributed by atoms with van der Waals surface area (Å²) in [6.45, 7) is 5.85. The van der Waals surface area contributed by atoms with Gasteiger partial charge in [0.1, 0.15) is 0 Å². The number of nitrogens with zero attached hydrogens (tertiary/aromatic N) is 1. The van der Waals surface area contributed by atoms with Crippen LogP contribution in [0.1, 0.15) is 39.0 Å². The number of likely N-dealkylation sites (tertiary alicyclic amines) is 1. The maximum absolute atomic E-state index is 12.5. The molecule has 6 nitrogen and oxygen atoms in total. The molecule has 0 saturated carbocycles. The monoisotopic (exact) mass is 394 g/mol. The highest BCUT2D eigenvalue weighted by Crippen LogP contribution is 2.26. The summed E-state index contributed by atoms with van der Waals surface area (Å²) in [6, 6.07) is 7.32. The summed E-state index contributed by atoms with van der Waals surface area (Å²) < 4.78 is 0. The van der Waals surface area contributed by atoms with Crippen molar-refractivity contribution in [3.05, 3.63) is 24.3 Å². The predicted molar refractivity (Wildman–Crippen MR) is 112 cm³/mol. The predicted octanol–water partition coefficient (Wildman–Crippen LogP) is 3.70. The zero-order valence-electron chi connectivity index (χ0n) is 16.0. The van der Waals surface area contributed by atoms with Gasteiger partial charge in [0, 0.05) is 19.5 Å². The average Bonchev–Trinajstić information content (AvgIpc) is 3.19. The molecular formula is C20H31ClN4O2. The second kappa shape index (κ2) is 10.5. The molecule has 0 bridgehead atoms. The standard InChI is InChI=1S/C20H30N4O2.ClH/c1-15(16-8-10-21-11-9-16)14-19(25)22-17-6-2-3-7-18(17)23-20(26)24-12-4-5-13-24;/h2-3,6-7,15-16,21H,4-5,8-14H2,1H3,(H,22,25)(H,23,26);1H. The number of urea groups is 1. The molecule has 2 heterocycles. The summed E-state index contributed by atoms with van der Waals surface area (Å²) in [7, 11) is 0. The molecule has 2 aliphatic heterocycles. The molecular weight excluding hydrogens is 364 g/mol. The van der Waals surface area contributed by atoms with E-state index in [9.17, 15) is 9.59 Å². The maximum Gasteiger partial charge on any atom is 0.321 e. The van der Waals surface area contributed by atoms with Crippen LogP contribution in [0.3, 0.4) is 0 Å². The van der Waals surface area contributed by atoms with Crippen LogP contribution >= 0.6 is 12.4 Å². The van der Waals surface area contributed by atoms with Gasteiger partial charge in [0.15, 0.2) is 0 Å². The van der Waals surface area contributed by atoms with Gasteiger partial charge in [-0.3, -0.25) is 4.79 Å². The Kier molecular flexibility index (Phi) is 8.38. The van der Waals surface area contributed by atoms with Crippen molar-refractivity contribution in [1.82, 2.24) is 10.2 Å². The van der Waals surface area contributed by atoms with Gasteiger partial charge in [-0.15, -0.1) is 12.4 Å². The summed E-state index contributed by atoms with van der Waals surface area (Å²) in [4.78, 5) is 26.7. The van der Waals surface area contributed by atoms with Crippen LogP contribution in [0.25, 0.3) is 0 Å². The van der Waals surface area contributed by atoms with Gasteiger partial charge in [-0.2, -0.15) is 0 Å². The van der Waals surface area contributed by atoms with Crippen LogP contribution in [0.15, 0.2) is 24.3 Å². The van der Waals surface area contributed by atoms with Crippen LogP contribution in [0.5, 0.6) is 0 Å². The highest BCUT2D eigenvalue weighted by Gasteiger charge is 2.23. The molecule has 2 aliphatic rings. The van der Waals surface area contributed by atoms with Crippen molar-refractivity contribution in [3.8, 4) is 0 Å². The molecule has 150 valence electrons. The summed E-state index contributed by atoms with van der Waals surface area (Å²) in [5.74, 6) is 0.981. The summed E-state index contributed by atoms with van der Waals surface area (Å²) in [5.41, 5.74) is 1.33. The van der Waals surface area contributed by atoms with E-state index < -0.39 is 0 Å². The minimum Gasteiger partial charge on any atom is -0.325 e. The first kappa shape index (κ1) is 21.5. The molecule has 27 heavy (non-hydrogen) atoms. The molecule has 3 amide bonds. The van der Waals surface area contributed by atoms with Crippen molar-refractivity contribution >= 4 is 35.7 Å². The number of anilines is 2. The van der Waals surface area contributed by atoms with Crippen molar-refractivity contribution in [3.63, 3.8) is 0 Å². The second-order valence-electron chi connectivity index (χ2n) is 7.49. The number of halogens is 1. The van der Waals surface area contributed by atoms with Crippen molar-refractivity contribution in [1.29, 1.82) is 0 Å². The third-order valence-electron chi connectivity index (χ3n) is 5.53. The van der Waals surface area contributed by atoms with Crippen LogP contribution in [0.2, 0.25) is 0 Å². The first-order chi connectivity index (χ1) is 12.6. The highest BCUT2D eigenvalue weighted by molar-refractivity contribution is 5.99. The topological polar surface area (TPSA) is 73.5 Å². The summed E-state index contributed by atoms with van der Waals surface area (Å²) in [6.07, 6.45) is 4.90. The lowest BCUT2D eigenvalue weighted by molar-refractivity contribution is -0.117. The first-order valence-electron chi connectivity index (χ1n) is 9.79. The van der Waals surface area contributed by atoms with Crippen LogP contribution < -0.4 is 16.0 Å². The number of hydrogen-bond acceptors (Lipinski definition) is 3. The van der Waals surface area contributed by atoms with Crippen LogP contribution in [-0.4, -0.2) is 43.0 Å². The third kappa shape index (κ3) is 6.11. The van der Waals surface area contributed by atoms with E-state index >= 15 is 0 Å². The van der Waals surface area contributed by atoms with Crippen molar-refractivity contribution in [2.45, 2.75) is 39.0 Å². The van der Waals surface area contributed by atoms with Gasteiger partial charge in [-0.1, -0.05) is 19.1 Å². The number of hydrogen-bond donors (Lipinski definition) is 3. The van der Waals surface area contributed by atoms with E-state index in [2.05, 4.69) is 22.9 Å². The summed E-state index contributed by atoms with van der Waals surface area (Å²) in [5, 5.41) is 9.29. The first-order valence-corrected chi connectivity index (χ1v) is 9.79. The fourth-order valence-corrected chi connectivity index (χ4v) is 3.89.